The van der Waals surface area contributed by atoms with E-state index in [0.717, 1.165) is 47.8 Å². The summed E-state index contributed by atoms with van der Waals surface area (Å²) >= 11 is 1.36. The number of anilines is 2. The maximum absolute atomic E-state index is 12.9. The maximum Gasteiger partial charge on any atom is 0.293 e. The molecule has 1 aliphatic heterocycles. The van der Waals surface area contributed by atoms with E-state index in [1.807, 2.05) is 36.1 Å². The van der Waals surface area contributed by atoms with Gasteiger partial charge in [0.1, 0.15) is 11.4 Å². The van der Waals surface area contributed by atoms with Gasteiger partial charge in [0.25, 0.3) is 11.6 Å². The summed E-state index contributed by atoms with van der Waals surface area (Å²) < 4.78 is 5.19. The van der Waals surface area contributed by atoms with Crippen LogP contribution < -0.4 is 15.0 Å². The molecule has 0 bridgehead atoms. The SMILES string of the molecule is COc1ccc(-c2nc(NC(=O)c3ccc(N4CCC(C)CC4)c([N+](=O)[O-])c3)sc2C)cc1. The highest BCUT2D eigenvalue weighted by Crippen LogP contribution is 2.34. The van der Waals surface area contributed by atoms with Crippen LogP contribution in [-0.4, -0.2) is 36.0 Å². The van der Waals surface area contributed by atoms with Crippen LogP contribution in [0.5, 0.6) is 5.75 Å². The van der Waals surface area contributed by atoms with Crippen LogP contribution in [0, 0.1) is 23.0 Å². The van der Waals surface area contributed by atoms with Gasteiger partial charge >= 0.3 is 0 Å². The van der Waals surface area contributed by atoms with E-state index in [9.17, 15) is 14.9 Å². The predicted molar refractivity (Wildman–Crippen MR) is 130 cm³/mol. The maximum atomic E-state index is 12.9. The number of hydrogen-bond donors (Lipinski definition) is 1. The van der Waals surface area contributed by atoms with Gasteiger partial charge in [0, 0.05) is 35.2 Å². The standard InChI is InChI=1S/C24H26N4O4S/c1-15-10-12-27(13-11-15)20-9-6-18(14-21(20)28(30)31)23(29)26-24-25-22(16(2)33-24)17-4-7-19(32-3)8-5-17/h4-9,14-15H,10-13H2,1-3H3,(H,25,26,29). The smallest absolute Gasteiger partial charge is 0.293 e. The van der Waals surface area contributed by atoms with E-state index in [1.54, 1.807) is 19.2 Å². The number of ether oxygens (including phenoxy) is 1. The first-order chi connectivity index (χ1) is 15.9. The molecule has 1 aromatic heterocycles. The third-order valence-electron chi connectivity index (χ3n) is 5.94. The van der Waals surface area contributed by atoms with Gasteiger partial charge in [-0.15, -0.1) is 11.3 Å². The van der Waals surface area contributed by atoms with Crippen molar-refractivity contribution < 1.29 is 14.5 Å². The first kappa shape index (κ1) is 22.7. The quantitative estimate of drug-likeness (QED) is 0.379. The Bertz CT molecular complexity index is 1170. The summed E-state index contributed by atoms with van der Waals surface area (Å²) in [7, 11) is 1.61. The molecule has 9 heteroatoms. The number of hydrogen-bond acceptors (Lipinski definition) is 7. The molecule has 0 unspecified atom stereocenters. The average Bonchev–Trinajstić information content (AvgIpc) is 3.19. The third-order valence-corrected chi connectivity index (χ3v) is 6.83. The van der Waals surface area contributed by atoms with E-state index < -0.39 is 10.8 Å². The van der Waals surface area contributed by atoms with Crippen molar-refractivity contribution in [2.24, 2.45) is 5.92 Å². The molecule has 0 spiro atoms. The summed E-state index contributed by atoms with van der Waals surface area (Å²) in [6, 6.07) is 12.2. The fourth-order valence-corrected chi connectivity index (χ4v) is 4.79. The number of aromatic nitrogens is 1. The zero-order chi connectivity index (χ0) is 23.5. The lowest BCUT2D eigenvalue weighted by molar-refractivity contribution is -0.384. The lowest BCUT2D eigenvalue weighted by atomic mass is 9.98. The molecule has 4 rings (SSSR count). The zero-order valence-corrected chi connectivity index (χ0v) is 19.6. The van der Waals surface area contributed by atoms with Gasteiger partial charge in [0.05, 0.1) is 17.7 Å². The van der Waals surface area contributed by atoms with Gasteiger partial charge in [0.15, 0.2) is 5.13 Å². The van der Waals surface area contributed by atoms with Crippen molar-refractivity contribution in [3.8, 4) is 17.0 Å². The van der Waals surface area contributed by atoms with Gasteiger partial charge in [-0.05, 0) is 62.1 Å². The van der Waals surface area contributed by atoms with Crippen molar-refractivity contribution in [1.82, 2.24) is 4.98 Å². The second kappa shape index (κ2) is 9.58. The number of aryl methyl sites for hydroxylation is 1. The monoisotopic (exact) mass is 466 g/mol. The highest BCUT2D eigenvalue weighted by molar-refractivity contribution is 7.16. The van der Waals surface area contributed by atoms with Crippen molar-refractivity contribution in [2.45, 2.75) is 26.7 Å². The summed E-state index contributed by atoms with van der Waals surface area (Å²) in [6.45, 7) is 5.69. The van der Waals surface area contributed by atoms with Gasteiger partial charge in [0.2, 0.25) is 0 Å². The van der Waals surface area contributed by atoms with Crippen molar-refractivity contribution >= 4 is 33.8 Å². The second-order valence-corrected chi connectivity index (χ2v) is 9.44. The zero-order valence-electron chi connectivity index (χ0n) is 18.8. The van der Waals surface area contributed by atoms with E-state index >= 15 is 0 Å². The van der Waals surface area contributed by atoms with Crippen molar-refractivity contribution in [1.29, 1.82) is 0 Å². The van der Waals surface area contributed by atoms with Crippen LogP contribution in [0.25, 0.3) is 11.3 Å². The minimum atomic E-state index is -0.424. The summed E-state index contributed by atoms with van der Waals surface area (Å²) in [5.41, 5.74) is 2.44. The molecule has 0 aliphatic carbocycles. The van der Waals surface area contributed by atoms with Crippen molar-refractivity contribution in [2.75, 3.05) is 30.4 Å². The molecule has 1 amide bonds. The molecule has 2 aromatic carbocycles. The number of piperidine rings is 1. The number of thiazole rings is 1. The van der Waals surface area contributed by atoms with Crippen molar-refractivity contribution in [3.63, 3.8) is 0 Å². The Labute approximate surface area is 196 Å². The molecule has 1 N–H and O–H groups in total. The number of carbonyl (C=O) groups is 1. The predicted octanol–water partition coefficient (Wildman–Crippen LogP) is 5.52. The van der Waals surface area contributed by atoms with Crippen LogP contribution in [0.15, 0.2) is 42.5 Å². The molecule has 8 nitrogen and oxygen atoms in total. The summed E-state index contributed by atoms with van der Waals surface area (Å²) in [6.07, 6.45) is 2.00. The molecule has 1 saturated heterocycles. The lowest BCUT2D eigenvalue weighted by Crippen LogP contribution is -2.33. The molecule has 1 fully saturated rings. The first-order valence-electron chi connectivity index (χ1n) is 10.8. The van der Waals surface area contributed by atoms with Gasteiger partial charge in [-0.3, -0.25) is 20.2 Å². The van der Waals surface area contributed by atoms with Gasteiger partial charge in [-0.25, -0.2) is 4.98 Å². The average molecular weight is 467 g/mol. The Balaban J connectivity index is 1.53. The minimum absolute atomic E-state index is 0.0496. The van der Waals surface area contributed by atoms with Gasteiger partial charge in [-0.2, -0.15) is 0 Å². The number of nitro benzene ring substituents is 1. The molecule has 2 heterocycles. The molecular weight excluding hydrogens is 440 g/mol. The Hall–Kier alpha value is -3.46. The fraction of sp³-hybridized carbons (Fsp3) is 0.333. The topological polar surface area (TPSA) is 97.6 Å². The number of methoxy groups -OCH3 is 1. The van der Waals surface area contributed by atoms with Crippen LogP contribution >= 0.6 is 11.3 Å². The molecule has 0 saturated carbocycles. The van der Waals surface area contributed by atoms with E-state index in [2.05, 4.69) is 17.2 Å². The van der Waals surface area contributed by atoms with Crippen LogP contribution in [0.1, 0.15) is 35.0 Å². The second-order valence-electron chi connectivity index (χ2n) is 8.24. The van der Waals surface area contributed by atoms with Crippen LogP contribution in [0.2, 0.25) is 0 Å². The minimum Gasteiger partial charge on any atom is -0.497 e. The Morgan fingerprint density at radius 3 is 2.55 bits per heavy atom. The fourth-order valence-electron chi connectivity index (χ4n) is 3.96. The number of nitro groups is 1. The number of benzene rings is 2. The Morgan fingerprint density at radius 1 is 1.21 bits per heavy atom. The molecule has 0 radical (unpaired) electrons. The largest absolute Gasteiger partial charge is 0.497 e. The van der Waals surface area contributed by atoms with E-state index in [1.165, 1.54) is 17.4 Å². The van der Waals surface area contributed by atoms with Crippen LogP contribution in [-0.2, 0) is 0 Å². The van der Waals surface area contributed by atoms with E-state index in [-0.39, 0.29) is 11.3 Å². The number of nitrogens with one attached hydrogen (secondary N) is 1. The van der Waals surface area contributed by atoms with E-state index in [4.69, 9.17) is 4.74 Å². The molecule has 172 valence electrons. The molecule has 1 aliphatic rings. The summed E-state index contributed by atoms with van der Waals surface area (Å²) in [5, 5.41) is 15.0. The van der Waals surface area contributed by atoms with Gasteiger partial charge in [-0.1, -0.05) is 6.92 Å². The normalized spacial score (nSPS) is 14.2. The molecular formula is C24H26N4O4S. The number of nitrogens with zero attached hydrogens (tertiary/aromatic N) is 3. The summed E-state index contributed by atoms with van der Waals surface area (Å²) in [5.74, 6) is 0.950. The van der Waals surface area contributed by atoms with Crippen LogP contribution in [0.4, 0.5) is 16.5 Å². The van der Waals surface area contributed by atoms with Crippen LogP contribution in [0.3, 0.4) is 0 Å². The molecule has 3 aromatic rings. The molecule has 33 heavy (non-hydrogen) atoms. The number of rotatable bonds is 6. The van der Waals surface area contributed by atoms with E-state index in [0.29, 0.717) is 16.7 Å². The van der Waals surface area contributed by atoms with Gasteiger partial charge < -0.3 is 9.64 Å². The lowest BCUT2D eigenvalue weighted by Gasteiger charge is -2.31. The van der Waals surface area contributed by atoms with Crippen molar-refractivity contribution in [3.05, 3.63) is 63.0 Å². The molecule has 0 atom stereocenters. The first-order valence-corrected chi connectivity index (χ1v) is 11.6. The Morgan fingerprint density at radius 2 is 1.91 bits per heavy atom. The third kappa shape index (κ3) is 4.98. The Kier molecular flexibility index (Phi) is 6.60. The number of carbonyl (C=O) groups excluding carboxylic acids is 1. The highest BCUT2D eigenvalue weighted by atomic mass is 32.1. The summed E-state index contributed by atoms with van der Waals surface area (Å²) in [4.78, 5) is 31.7. The highest BCUT2D eigenvalue weighted by Gasteiger charge is 2.25. The number of amides is 1.